The smallest absolute Gasteiger partial charge is 0.263 e. The third-order valence-corrected chi connectivity index (χ3v) is 3.72. The summed E-state index contributed by atoms with van der Waals surface area (Å²) in [6.07, 6.45) is 0.974. The zero-order chi connectivity index (χ0) is 10.7. The van der Waals surface area contributed by atoms with Crippen LogP contribution in [0.15, 0.2) is 16.3 Å². The minimum atomic E-state index is 0.0876. The molecule has 0 aliphatic carbocycles. The van der Waals surface area contributed by atoms with E-state index < -0.39 is 0 Å². The number of hydrogen-bond acceptors (Lipinski definition) is 3. The lowest BCUT2D eigenvalue weighted by atomic mass is 10.2. The van der Waals surface area contributed by atoms with E-state index in [9.17, 15) is 4.79 Å². The van der Waals surface area contributed by atoms with Crippen molar-refractivity contribution in [3.8, 4) is 0 Å². The van der Waals surface area contributed by atoms with Crippen LogP contribution >= 0.6 is 24.0 Å². The van der Waals surface area contributed by atoms with Crippen LogP contribution < -0.4 is 0 Å². The molecule has 0 saturated carbocycles. The second kappa shape index (κ2) is 4.84. The molecule has 1 aromatic rings. The van der Waals surface area contributed by atoms with Gasteiger partial charge in [0.15, 0.2) is 0 Å². The van der Waals surface area contributed by atoms with Crippen LogP contribution in [-0.4, -0.2) is 23.9 Å². The highest BCUT2D eigenvalue weighted by Gasteiger charge is 2.17. The largest absolute Gasteiger partial charge is 0.338 e. The Balaban J connectivity index is 2.75. The average molecular weight is 229 g/mol. The number of amides is 1. The van der Waals surface area contributed by atoms with E-state index >= 15 is 0 Å². The van der Waals surface area contributed by atoms with E-state index in [1.807, 2.05) is 25.4 Å². The van der Waals surface area contributed by atoms with Crippen LogP contribution in [0.4, 0.5) is 0 Å². The number of carbonyl (C=O) groups excluding carboxylic acids is 1. The monoisotopic (exact) mass is 229 g/mol. The van der Waals surface area contributed by atoms with E-state index in [0.29, 0.717) is 0 Å². The van der Waals surface area contributed by atoms with Crippen molar-refractivity contribution in [2.45, 2.75) is 31.2 Å². The van der Waals surface area contributed by atoms with Gasteiger partial charge in [-0.25, -0.2) is 0 Å². The van der Waals surface area contributed by atoms with Crippen molar-refractivity contribution in [3.05, 3.63) is 16.3 Å². The molecule has 4 heteroatoms. The van der Waals surface area contributed by atoms with Crippen molar-refractivity contribution in [2.24, 2.45) is 0 Å². The minimum Gasteiger partial charge on any atom is -0.338 e. The minimum absolute atomic E-state index is 0.0876. The van der Waals surface area contributed by atoms with Crippen molar-refractivity contribution < 1.29 is 4.79 Å². The molecule has 1 rings (SSSR count). The van der Waals surface area contributed by atoms with Crippen LogP contribution in [0.3, 0.4) is 0 Å². The van der Waals surface area contributed by atoms with Gasteiger partial charge < -0.3 is 4.90 Å². The molecule has 1 atom stereocenters. The zero-order valence-electron chi connectivity index (χ0n) is 8.65. The molecule has 1 aromatic heterocycles. The van der Waals surface area contributed by atoms with Crippen molar-refractivity contribution in [1.29, 1.82) is 0 Å². The highest BCUT2D eigenvalue weighted by atomic mass is 32.1. The van der Waals surface area contributed by atoms with Crippen LogP contribution in [-0.2, 0) is 0 Å². The van der Waals surface area contributed by atoms with Crippen LogP contribution in [0.5, 0.6) is 0 Å². The molecule has 0 aromatic carbocycles. The highest BCUT2D eigenvalue weighted by Crippen LogP contribution is 2.19. The molecule has 0 radical (unpaired) electrons. The second-order valence-corrected chi connectivity index (χ2v) is 4.77. The third-order valence-electron chi connectivity index (χ3n) is 2.37. The summed E-state index contributed by atoms with van der Waals surface area (Å²) < 4.78 is 0. The molecule has 0 spiro atoms. The first-order valence-corrected chi connectivity index (χ1v) is 5.93. The quantitative estimate of drug-likeness (QED) is 0.790. The highest BCUT2D eigenvalue weighted by molar-refractivity contribution is 7.80. The van der Waals surface area contributed by atoms with E-state index in [0.717, 1.165) is 16.2 Å². The molecule has 0 aliphatic heterocycles. The molecular weight excluding hydrogens is 214 g/mol. The molecule has 1 heterocycles. The average Bonchev–Trinajstić information content (AvgIpc) is 2.61. The third kappa shape index (κ3) is 2.51. The van der Waals surface area contributed by atoms with Gasteiger partial charge >= 0.3 is 0 Å². The van der Waals surface area contributed by atoms with Gasteiger partial charge in [-0.1, -0.05) is 6.92 Å². The standard InChI is InChI=1S/C10H15NOS2/c1-4-7(2)11(3)10(12)9-5-8(13)6-14-9/h5-7,13H,4H2,1-3H3. The fourth-order valence-corrected chi connectivity index (χ4v) is 2.22. The Morgan fingerprint density at radius 3 is 2.79 bits per heavy atom. The summed E-state index contributed by atoms with van der Waals surface area (Å²) in [5.74, 6) is 0.0876. The summed E-state index contributed by atoms with van der Waals surface area (Å²) >= 11 is 5.63. The lowest BCUT2D eigenvalue weighted by Gasteiger charge is -2.22. The first-order chi connectivity index (χ1) is 6.56. The van der Waals surface area contributed by atoms with Crippen molar-refractivity contribution in [2.75, 3.05) is 7.05 Å². The van der Waals surface area contributed by atoms with E-state index in [-0.39, 0.29) is 11.9 Å². The molecule has 0 saturated heterocycles. The summed E-state index contributed by atoms with van der Waals surface area (Å²) in [5, 5.41) is 1.88. The van der Waals surface area contributed by atoms with Gasteiger partial charge in [0.05, 0.1) is 4.88 Å². The van der Waals surface area contributed by atoms with Gasteiger partial charge in [0, 0.05) is 23.4 Å². The molecule has 2 nitrogen and oxygen atoms in total. The maximum Gasteiger partial charge on any atom is 0.263 e. The summed E-state index contributed by atoms with van der Waals surface area (Å²) in [6.45, 7) is 4.13. The summed E-state index contributed by atoms with van der Waals surface area (Å²) in [5.41, 5.74) is 0. The Kier molecular flexibility index (Phi) is 4.01. The van der Waals surface area contributed by atoms with Crippen LogP contribution in [0.2, 0.25) is 0 Å². The molecule has 78 valence electrons. The first kappa shape index (κ1) is 11.6. The number of thiophene rings is 1. The molecular formula is C10H15NOS2. The topological polar surface area (TPSA) is 20.3 Å². The van der Waals surface area contributed by atoms with Gasteiger partial charge in [-0.05, 0) is 19.4 Å². The molecule has 0 N–H and O–H groups in total. The Labute approximate surface area is 94.3 Å². The van der Waals surface area contributed by atoms with E-state index in [1.54, 1.807) is 4.90 Å². The molecule has 0 bridgehead atoms. The summed E-state index contributed by atoms with van der Waals surface area (Å²) in [6, 6.07) is 2.10. The SMILES string of the molecule is CCC(C)N(C)C(=O)c1cc(S)cs1. The number of nitrogens with zero attached hydrogens (tertiary/aromatic N) is 1. The first-order valence-electron chi connectivity index (χ1n) is 4.61. The molecule has 1 unspecified atom stereocenters. The normalized spacial score (nSPS) is 12.6. The number of carbonyl (C=O) groups is 1. The van der Waals surface area contributed by atoms with Crippen LogP contribution in [0.1, 0.15) is 29.9 Å². The van der Waals surface area contributed by atoms with E-state index in [2.05, 4.69) is 19.6 Å². The maximum absolute atomic E-state index is 11.9. The van der Waals surface area contributed by atoms with E-state index in [4.69, 9.17) is 0 Å². The van der Waals surface area contributed by atoms with Gasteiger partial charge in [0.1, 0.15) is 0 Å². The second-order valence-electron chi connectivity index (χ2n) is 3.34. The van der Waals surface area contributed by atoms with E-state index in [1.165, 1.54) is 11.3 Å². The van der Waals surface area contributed by atoms with Gasteiger partial charge in [-0.2, -0.15) is 0 Å². The zero-order valence-corrected chi connectivity index (χ0v) is 10.4. The van der Waals surface area contributed by atoms with Gasteiger partial charge in [0.25, 0.3) is 5.91 Å². The molecule has 14 heavy (non-hydrogen) atoms. The fourth-order valence-electron chi connectivity index (χ4n) is 1.09. The summed E-state index contributed by atoms with van der Waals surface area (Å²) in [4.78, 5) is 15.3. The van der Waals surface area contributed by atoms with Crippen LogP contribution in [0, 0.1) is 0 Å². The van der Waals surface area contributed by atoms with Gasteiger partial charge in [-0.15, -0.1) is 24.0 Å². The van der Waals surface area contributed by atoms with Gasteiger partial charge in [-0.3, -0.25) is 4.79 Å². The number of rotatable bonds is 3. The van der Waals surface area contributed by atoms with Crippen molar-refractivity contribution in [3.63, 3.8) is 0 Å². The lowest BCUT2D eigenvalue weighted by molar-refractivity contribution is 0.0745. The van der Waals surface area contributed by atoms with Gasteiger partial charge in [0.2, 0.25) is 0 Å². The van der Waals surface area contributed by atoms with Crippen molar-refractivity contribution >= 4 is 29.9 Å². The predicted molar refractivity (Wildman–Crippen MR) is 63.4 cm³/mol. The number of thiol groups is 1. The molecule has 0 aliphatic rings. The summed E-state index contributed by atoms with van der Waals surface area (Å²) in [7, 11) is 1.84. The van der Waals surface area contributed by atoms with Crippen molar-refractivity contribution in [1.82, 2.24) is 4.90 Å². The predicted octanol–water partition coefficient (Wildman–Crippen LogP) is 2.91. The molecule has 0 fully saturated rings. The molecule has 1 amide bonds. The Morgan fingerprint density at radius 1 is 1.71 bits per heavy atom. The maximum atomic E-state index is 11.9. The Hall–Kier alpha value is -0.480. The lowest BCUT2D eigenvalue weighted by Crippen LogP contribution is -2.34. The Morgan fingerprint density at radius 2 is 2.36 bits per heavy atom. The Bertz CT molecular complexity index is 322. The number of hydrogen-bond donors (Lipinski definition) is 1. The fraction of sp³-hybridized carbons (Fsp3) is 0.500. The van der Waals surface area contributed by atoms with Crippen LogP contribution in [0.25, 0.3) is 0 Å².